The lowest BCUT2D eigenvalue weighted by atomic mass is 10.2. The third kappa shape index (κ3) is 3.63. The van der Waals surface area contributed by atoms with Gasteiger partial charge in [0, 0.05) is 10.6 Å². The van der Waals surface area contributed by atoms with E-state index in [0.717, 1.165) is 6.42 Å². The average Bonchev–Trinajstić information content (AvgIpc) is 2.11. The minimum Gasteiger partial charge on any atom is -0.508 e. The van der Waals surface area contributed by atoms with Gasteiger partial charge >= 0.3 is 0 Å². The quantitative estimate of drug-likeness (QED) is 0.523. The highest BCUT2D eigenvalue weighted by molar-refractivity contribution is 6.31. The van der Waals surface area contributed by atoms with E-state index in [1.165, 1.54) is 0 Å². The van der Waals surface area contributed by atoms with Gasteiger partial charge in [0.1, 0.15) is 5.76 Å². The lowest BCUT2D eigenvalue weighted by molar-refractivity contribution is 0.422. The predicted octanol–water partition coefficient (Wildman–Crippen LogP) is 3.93. The smallest absolute Gasteiger partial charge is 0.115 e. The van der Waals surface area contributed by atoms with E-state index in [0.29, 0.717) is 10.6 Å². The first-order valence-corrected chi connectivity index (χ1v) is 4.39. The summed E-state index contributed by atoms with van der Waals surface area (Å²) in [5.41, 5.74) is 0.712. The molecule has 0 heterocycles. The molecule has 0 fully saturated rings. The molecule has 0 aromatic carbocycles. The molecule has 2 heteroatoms. The first-order chi connectivity index (χ1) is 5.63. The van der Waals surface area contributed by atoms with Gasteiger partial charge in [-0.3, -0.25) is 0 Å². The van der Waals surface area contributed by atoms with Crippen LogP contribution in [0.25, 0.3) is 0 Å². The SMILES string of the molecule is C\C=C(O)/C(C)=C(Cl)\C=C\CC. The van der Waals surface area contributed by atoms with Crippen LogP contribution >= 0.6 is 11.6 Å². The molecule has 0 saturated heterocycles. The number of allylic oxidation sites excluding steroid dienone is 5. The second kappa shape index (κ2) is 5.90. The van der Waals surface area contributed by atoms with E-state index in [1.54, 1.807) is 26.0 Å². The number of rotatable bonds is 3. The first kappa shape index (κ1) is 11.3. The molecule has 0 bridgehead atoms. The number of hydrogen-bond donors (Lipinski definition) is 1. The van der Waals surface area contributed by atoms with Gasteiger partial charge in [-0.15, -0.1) is 0 Å². The van der Waals surface area contributed by atoms with Gasteiger partial charge in [0.05, 0.1) is 0 Å². The Morgan fingerprint density at radius 1 is 1.50 bits per heavy atom. The van der Waals surface area contributed by atoms with Gasteiger partial charge in [0.2, 0.25) is 0 Å². The molecular weight excluding hydrogens is 172 g/mol. The maximum atomic E-state index is 9.28. The molecule has 0 amide bonds. The molecule has 0 aliphatic rings. The van der Waals surface area contributed by atoms with Crippen LogP contribution in [0.4, 0.5) is 0 Å². The van der Waals surface area contributed by atoms with E-state index in [1.807, 2.05) is 13.0 Å². The summed E-state index contributed by atoms with van der Waals surface area (Å²) in [6.45, 7) is 5.59. The molecule has 1 N–H and O–H groups in total. The second-order valence-electron chi connectivity index (χ2n) is 2.46. The number of hydrogen-bond acceptors (Lipinski definition) is 1. The molecule has 0 atom stereocenters. The zero-order valence-electron chi connectivity index (χ0n) is 7.76. The van der Waals surface area contributed by atoms with Crippen molar-refractivity contribution in [2.75, 3.05) is 0 Å². The summed E-state index contributed by atoms with van der Waals surface area (Å²) in [5, 5.41) is 9.87. The highest BCUT2D eigenvalue weighted by Crippen LogP contribution is 2.16. The van der Waals surface area contributed by atoms with Crippen LogP contribution in [-0.4, -0.2) is 5.11 Å². The standard InChI is InChI=1S/C10H15ClO/c1-4-6-7-9(11)8(3)10(12)5-2/h5-7,12H,4H2,1-3H3/b7-6+,9-8+,10-5+. The van der Waals surface area contributed by atoms with Crippen LogP contribution in [-0.2, 0) is 0 Å². The summed E-state index contributed by atoms with van der Waals surface area (Å²) in [5.74, 6) is 0.237. The van der Waals surface area contributed by atoms with Gasteiger partial charge in [-0.1, -0.05) is 24.6 Å². The fourth-order valence-corrected chi connectivity index (χ4v) is 0.871. The largest absolute Gasteiger partial charge is 0.508 e. The van der Waals surface area contributed by atoms with Crippen LogP contribution in [0.15, 0.2) is 34.6 Å². The van der Waals surface area contributed by atoms with E-state index in [-0.39, 0.29) is 5.76 Å². The lowest BCUT2D eigenvalue weighted by Crippen LogP contribution is -1.84. The molecule has 0 unspecified atom stereocenters. The Kier molecular flexibility index (Phi) is 5.56. The average molecular weight is 187 g/mol. The van der Waals surface area contributed by atoms with Crippen LogP contribution in [0, 0.1) is 0 Å². The molecule has 0 aliphatic heterocycles. The maximum absolute atomic E-state index is 9.28. The Morgan fingerprint density at radius 3 is 2.50 bits per heavy atom. The number of aliphatic hydroxyl groups excluding tert-OH is 1. The molecule has 0 aromatic rings. The van der Waals surface area contributed by atoms with Crippen molar-refractivity contribution in [3.63, 3.8) is 0 Å². The van der Waals surface area contributed by atoms with Crippen LogP contribution in [0.5, 0.6) is 0 Å². The van der Waals surface area contributed by atoms with E-state index in [4.69, 9.17) is 11.6 Å². The zero-order valence-corrected chi connectivity index (χ0v) is 8.52. The monoisotopic (exact) mass is 186 g/mol. The van der Waals surface area contributed by atoms with Gasteiger partial charge in [-0.2, -0.15) is 0 Å². The first-order valence-electron chi connectivity index (χ1n) is 4.02. The molecule has 0 saturated carbocycles. The van der Waals surface area contributed by atoms with E-state index in [2.05, 4.69) is 0 Å². The van der Waals surface area contributed by atoms with Crippen molar-refractivity contribution in [2.24, 2.45) is 0 Å². The molecule has 0 rings (SSSR count). The summed E-state index contributed by atoms with van der Waals surface area (Å²) in [6.07, 6.45) is 6.32. The highest BCUT2D eigenvalue weighted by atomic mass is 35.5. The third-order valence-corrected chi connectivity index (χ3v) is 1.93. The van der Waals surface area contributed by atoms with E-state index < -0.39 is 0 Å². The van der Waals surface area contributed by atoms with Crippen LogP contribution in [0.1, 0.15) is 27.2 Å². The molecular formula is C10H15ClO. The summed E-state index contributed by atoms with van der Waals surface area (Å²) in [6, 6.07) is 0. The molecule has 0 aromatic heterocycles. The van der Waals surface area contributed by atoms with Crippen molar-refractivity contribution >= 4 is 11.6 Å². The van der Waals surface area contributed by atoms with Gasteiger partial charge in [-0.05, 0) is 32.4 Å². The lowest BCUT2D eigenvalue weighted by Gasteiger charge is -1.99. The fraction of sp³-hybridized carbons (Fsp3) is 0.400. The number of halogens is 1. The van der Waals surface area contributed by atoms with Crippen LogP contribution in [0.3, 0.4) is 0 Å². The van der Waals surface area contributed by atoms with Crippen molar-refractivity contribution in [2.45, 2.75) is 27.2 Å². The van der Waals surface area contributed by atoms with Crippen LogP contribution in [0.2, 0.25) is 0 Å². The fourth-order valence-electron chi connectivity index (χ4n) is 0.685. The topological polar surface area (TPSA) is 20.2 Å². The second-order valence-corrected chi connectivity index (χ2v) is 2.86. The zero-order chi connectivity index (χ0) is 9.56. The van der Waals surface area contributed by atoms with Crippen LogP contribution < -0.4 is 0 Å². The molecule has 0 aliphatic carbocycles. The Morgan fingerprint density at radius 2 is 2.08 bits per heavy atom. The van der Waals surface area contributed by atoms with Crippen molar-refractivity contribution in [1.82, 2.24) is 0 Å². The number of aliphatic hydroxyl groups is 1. The van der Waals surface area contributed by atoms with Crippen molar-refractivity contribution in [3.8, 4) is 0 Å². The van der Waals surface area contributed by atoms with Crippen molar-refractivity contribution < 1.29 is 5.11 Å². The van der Waals surface area contributed by atoms with E-state index in [9.17, 15) is 5.11 Å². The van der Waals surface area contributed by atoms with E-state index >= 15 is 0 Å². The Balaban J connectivity index is 4.57. The maximum Gasteiger partial charge on any atom is 0.115 e. The summed E-state index contributed by atoms with van der Waals surface area (Å²) >= 11 is 5.88. The minimum absolute atomic E-state index is 0.237. The normalized spacial score (nSPS) is 15.2. The van der Waals surface area contributed by atoms with Gasteiger partial charge < -0.3 is 5.11 Å². The summed E-state index contributed by atoms with van der Waals surface area (Å²) in [4.78, 5) is 0. The molecule has 0 radical (unpaired) electrons. The Bertz CT molecular complexity index is 224. The van der Waals surface area contributed by atoms with Gasteiger partial charge in [0.15, 0.2) is 0 Å². The summed E-state index contributed by atoms with van der Waals surface area (Å²) in [7, 11) is 0. The Hall–Kier alpha value is -0.690. The minimum atomic E-state index is 0.237. The molecule has 12 heavy (non-hydrogen) atoms. The van der Waals surface area contributed by atoms with Gasteiger partial charge in [0.25, 0.3) is 0 Å². The van der Waals surface area contributed by atoms with Gasteiger partial charge in [-0.25, -0.2) is 0 Å². The molecule has 68 valence electrons. The third-order valence-electron chi connectivity index (χ3n) is 1.52. The molecule has 0 spiro atoms. The Labute approximate surface area is 79.1 Å². The molecule has 1 nitrogen and oxygen atoms in total. The van der Waals surface area contributed by atoms with Crippen molar-refractivity contribution in [3.05, 3.63) is 34.6 Å². The van der Waals surface area contributed by atoms with Crippen molar-refractivity contribution in [1.29, 1.82) is 0 Å². The summed E-state index contributed by atoms with van der Waals surface area (Å²) < 4.78 is 0. The highest BCUT2D eigenvalue weighted by Gasteiger charge is 1.98. The predicted molar refractivity (Wildman–Crippen MR) is 54.4 cm³/mol.